The van der Waals surface area contributed by atoms with Gasteiger partial charge in [0.15, 0.2) is 0 Å². The molecule has 0 aromatic heterocycles. The first-order chi connectivity index (χ1) is 8.61. The molecule has 19 heavy (non-hydrogen) atoms. The molecule has 0 bridgehead atoms. The Bertz CT molecular complexity index is 457. The summed E-state index contributed by atoms with van der Waals surface area (Å²) < 4.78 is 0. The van der Waals surface area contributed by atoms with Crippen LogP contribution >= 0.6 is 0 Å². The van der Waals surface area contributed by atoms with Gasteiger partial charge in [-0.25, -0.2) is 0 Å². The first kappa shape index (κ1) is 17.5. The molecule has 0 saturated heterocycles. The SMILES string of the molecule is CC(=O)c1cc[c-]cc1.CC(=O)c1cc[c-]cc1.[Pt+2]. The topological polar surface area (TPSA) is 34.1 Å². The largest absolute Gasteiger partial charge is 2.00 e. The number of Topliss-reactive ketones (excluding diaryl/α,β-unsaturated/α-hetero) is 2. The fourth-order valence-corrected chi connectivity index (χ4v) is 1.24. The van der Waals surface area contributed by atoms with Crippen LogP contribution in [-0.2, 0) is 21.1 Å². The van der Waals surface area contributed by atoms with Crippen molar-refractivity contribution in [2.45, 2.75) is 13.8 Å². The summed E-state index contributed by atoms with van der Waals surface area (Å²) in [6.45, 7) is 3.10. The van der Waals surface area contributed by atoms with E-state index in [1.54, 1.807) is 62.4 Å². The molecule has 0 aliphatic heterocycles. The van der Waals surface area contributed by atoms with Gasteiger partial charge in [0, 0.05) is 0 Å². The number of carbonyl (C=O) groups excluding carboxylic acids is 2. The van der Waals surface area contributed by atoms with Crippen LogP contribution in [0.25, 0.3) is 0 Å². The predicted molar refractivity (Wildman–Crippen MR) is 70.6 cm³/mol. The van der Waals surface area contributed by atoms with Gasteiger partial charge in [0.1, 0.15) is 11.6 Å². The molecule has 0 amide bonds. The van der Waals surface area contributed by atoms with E-state index in [4.69, 9.17) is 0 Å². The molecule has 0 radical (unpaired) electrons. The van der Waals surface area contributed by atoms with Crippen molar-refractivity contribution in [3.8, 4) is 0 Å². The fourth-order valence-electron chi connectivity index (χ4n) is 1.24. The molecule has 0 aliphatic rings. The van der Waals surface area contributed by atoms with E-state index in [0.717, 1.165) is 11.1 Å². The van der Waals surface area contributed by atoms with E-state index >= 15 is 0 Å². The van der Waals surface area contributed by atoms with Crippen LogP contribution in [0.15, 0.2) is 48.5 Å². The average molecular weight is 433 g/mol. The minimum absolute atomic E-state index is 0. The van der Waals surface area contributed by atoms with Crippen LogP contribution in [0, 0.1) is 12.1 Å². The first-order valence-corrected chi connectivity index (χ1v) is 5.55. The van der Waals surface area contributed by atoms with Crippen LogP contribution in [0.4, 0.5) is 0 Å². The van der Waals surface area contributed by atoms with Crippen LogP contribution in [0.5, 0.6) is 0 Å². The van der Waals surface area contributed by atoms with E-state index in [0.29, 0.717) is 0 Å². The maximum absolute atomic E-state index is 10.6. The Kier molecular flexibility index (Phi) is 8.65. The molecule has 2 aromatic rings. The predicted octanol–water partition coefficient (Wildman–Crippen LogP) is 3.38. The second kappa shape index (κ2) is 9.41. The molecule has 0 saturated carbocycles. The molecular weight excluding hydrogens is 419 g/mol. The molecule has 0 aliphatic carbocycles. The number of hydrogen-bond donors (Lipinski definition) is 0. The fraction of sp³-hybridized carbons (Fsp3) is 0.125. The molecule has 100 valence electrons. The van der Waals surface area contributed by atoms with Gasteiger partial charge in [-0.05, 0) is 13.8 Å². The van der Waals surface area contributed by atoms with Gasteiger partial charge in [-0.1, -0.05) is 11.1 Å². The van der Waals surface area contributed by atoms with Crippen molar-refractivity contribution >= 4 is 11.6 Å². The van der Waals surface area contributed by atoms with Gasteiger partial charge in [0.25, 0.3) is 0 Å². The third-order valence-electron chi connectivity index (χ3n) is 2.25. The zero-order valence-electron chi connectivity index (χ0n) is 10.8. The number of carbonyl (C=O) groups is 2. The number of hydrogen-bond acceptors (Lipinski definition) is 2. The monoisotopic (exact) mass is 433 g/mol. The number of rotatable bonds is 2. The molecule has 3 heteroatoms. The molecule has 0 N–H and O–H groups in total. The first-order valence-electron chi connectivity index (χ1n) is 5.55. The summed E-state index contributed by atoms with van der Waals surface area (Å²) in [7, 11) is 0. The molecular formula is C16H14O2Pt. The van der Waals surface area contributed by atoms with Crippen molar-refractivity contribution in [1.29, 1.82) is 0 Å². The molecule has 0 unspecified atom stereocenters. The Balaban J connectivity index is 0.000000324. The van der Waals surface area contributed by atoms with Gasteiger partial charge in [-0.3, -0.25) is 9.59 Å². The average Bonchev–Trinajstić information content (AvgIpc) is 2.41. The zero-order chi connectivity index (χ0) is 13.4. The maximum atomic E-state index is 10.6. The van der Waals surface area contributed by atoms with E-state index in [1.165, 1.54) is 0 Å². The summed E-state index contributed by atoms with van der Waals surface area (Å²) in [5.74, 6) is 0.202. The molecule has 0 fully saturated rings. The molecule has 0 heterocycles. The van der Waals surface area contributed by atoms with Gasteiger partial charge >= 0.3 is 21.1 Å². The Hall–Kier alpha value is -1.53. The van der Waals surface area contributed by atoms with Crippen LogP contribution in [0.2, 0.25) is 0 Å². The van der Waals surface area contributed by atoms with E-state index < -0.39 is 0 Å². The third kappa shape index (κ3) is 6.83. The molecule has 0 atom stereocenters. The number of benzene rings is 2. The summed E-state index contributed by atoms with van der Waals surface area (Å²) in [6, 6.07) is 19.6. The molecule has 2 aromatic carbocycles. The molecule has 2 nitrogen and oxygen atoms in total. The summed E-state index contributed by atoms with van der Waals surface area (Å²) in [5.41, 5.74) is 1.49. The van der Waals surface area contributed by atoms with Crippen LogP contribution in [0.1, 0.15) is 34.6 Å². The molecule has 2 rings (SSSR count). The summed E-state index contributed by atoms with van der Waals surface area (Å²) in [5, 5.41) is 0. The van der Waals surface area contributed by atoms with Crippen molar-refractivity contribution in [1.82, 2.24) is 0 Å². The third-order valence-corrected chi connectivity index (χ3v) is 2.25. The summed E-state index contributed by atoms with van der Waals surface area (Å²) in [4.78, 5) is 21.3. The van der Waals surface area contributed by atoms with E-state index in [-0.39, 0.29) is 32.6 Å². The van der Waals surface area contributed by atoms with Crippen molar-refractivity contribution < 1.29 is 30.7 Å². The van der Waals surface area contributed by atoms with Crippen LogP contribution in [-0.4, -0.2) is 11.6 Å². The van der Waals surface area contributed by atoms with Crippen LogP contribution in [0.3, 0.4) is 0 Å². The van der Waals surface area contributed by atoms with E-state index in [2.05, 4.69) is 12.1 Å². The zero-order valence-corrected chi connectivity index (χ0v) is 13.0. The quantitative estimate of drug-likeness (QED) is 0.538. The van der Waals surface area contributed by atoms with E-state index in [9.17, 15) is 9.59 Å². The Morgan fingerprint density at radius 1 is 0.737 bits per heavy atom. The molecule has 0 spiro atoms. The minimum atomic E-state index is 0. The van der Waals surface area contributed by atoms with Crippen LogP contribution < -0.4 is 0 Å². The van der Waals surface area contributed by atoms with Gasteiger partial charge in [0.05, 0.1) is 0 Å². The van der Waals surface area contributed by atoms with Gasteiger partial charge in [-0.15, -0.1) is 0 Å². The standard InChI is InChI=1S/2C8H7O.Pt/c2*1-7(9)8-5-3-2-4-6-8;/h2*3-6H,1H3;/q2*-1;+2. The van der Waals surface area contributed by atoms with Crippen molar-refractivity contribution in [3.63, 3.8) is 0 Å². The normalized spacial score (nSPS) is 8.53. The smallest absolute Gasteiger partial charge is 0.297 e. The Morgan fingerprint density at radius 2 is 1.00 bits per heavy atom. The second-order valence-electron chi connectivity index (χ2n) is 3.69. The Morgan fingerprint density at radius 3 is 1.16 bits per heavy atom. The minimum Gasteiger partial charge on any atom is -0.297 e. The van der Waals surface area contributed by atoms with Gasteiger partial charge in [-0.2, -0.15) is 60.7 Å². The summed E-state index contributed by atoms with van der Waals surface area (Å²) >= 11 is 0. The maximum Gasteiger partial charge on any atom is 2.00 e. The Labute approximate surface area is 128 Å². The van der Waals surface area contributed by atoms with Crippen molar-refractivity contribution in [3.05, 3.63) is 71.8 Å². The van der Waals surface area contributed by atoms with Gasteiger partial charge in [0.2, 0.25) is 0 Å². The number of ketones is 2. The van der Waals surface area contributed by atoms with Gasteiger partial charge < -0.3 is 0 Å². The van der Waals surface area contributed by atoms with Crippen molar-refractivity contribution in [2.24, 2.45) is 0 Å². The second-order valence-corrected chi connectivity index (χ2v) is 3.69. The van der Waals surface area contributed by atoms with E-state index in [1.807, 2.05) is 0 Å². The van der Waals surface area contributed by atoms with Crippen molar-refractivity contribution in [2.75, 3.05) is 0 Å². The summed E-state index contributed by atoms with van der Waals surface area (Å²) in [6.07, 6.45) is 0.